The van der Waals surface area contributed by atoms with E-state index in [-0.39, 0.29) is 38.1 Å². The molecule has 0 aliphatic carbocycles. The van der Waals surface area contributed by atoms with Crippen molar-refractivity contribution in [2.24, 2.45) is 5.41 Å². The zero-order chi connectivity index (χ0) is 45.7. The van der Waals surface area contributed by atoms with E-state index in [2.05, 4.69) is 10.2 Å². The first kappa shape index (κ1) is 48.5. The Morgan fingerprint density at radius 2 is 1.52 bits per heavy atom. The Bertz CT molecular complexity index is 2030. The number of hydrogen-bond acceptors (Lipinski definition) is 15. The molecule has 0 unspecified atom stereocenters. The van der Waals surface area contributed by atoms with Crippen molar-refractivity contribution in [1.82, 2.24) is 15.1 Å². The lowest BCUT2D eigenvalue weighted by Crippen LogP contribution is -2.63. The molecule has 2 heterocycles. The second-order valence-corrected chi connectivity index (χ2v) is 15.9. The van der Waals surface area contributed by atoms with Gasteiger partial charge in [-0.05, 0) is 61.9 Å². The lowest BCUT2D eigenvalue weighted by atomic mass is 9.93. The molecule has 5 atom stereocenters. The number of aryl methyl sites for hydroxylation is 1. The number of hydrogen-bond donors (Lipinski definition) is 2. The largest absolute Gasteiger partial charge is 0.494 e. The molecule has 0 radical (unpaired) electrons. The van der Waals surface area contributed by atoms with Gasteiger partial charge in [-0.2, -0.15) is 0 Å². The first-order valence-electron chi connectivity index (χ1n) is 20.2. The number of carboxylic acid groups (broad SMARTS) is 1. The van der Waals surface area contributed by atoms with E-state index < -0.39 is 78.7 Å². The van der Waals surface area contributed by atoms with E-state index in [0.29, 0.717) is 24.2 Å². The van der Waals surface area contributed by atoms with Crippen molar-refractivity contribution in [1.29, 1.82) is 0 Å². The summed E-state index contributed by atoms with van der Waals surface area (Å²) in [5.41, 5.74) is 2.73. The number of nitrogens with one attached hydrogen (secondary N) is 1. The summed E-state index contributed by atoms with van der Waals surface area (Å²) < 4.78 is 45.9. The van der Waals surface area contributed by atoms with Gasteiger partial charge in [0.2, 0.25) is 18.3 Å². The minimum atomic E-state index is -1.48. The minimum Gasteiger partial charge on any atom is -0.494 e. The highest BCUT2D eigenvalue weighted by Crippen LogP contribution is 2.35. The van der Waals surface area contributed by atoms with Gasteiger partial charge in [-0.1, -0.05) is 50.2 Å². The molecule has 1 aliphatic rings. The van der Waals surface area contributed by atoms with E-state index in [4.69, 9.17) is 37.9 Å². The quantitative estimate of drug-likeness (QED) is 0.0822. The molecule has 2 aromatic carbocycles. The molecular weight excluding hydrogens is 810 g/mol. The maximum atomic E-state index is 13.1. The zero-order valence-electron chi connectivity index (χ0n) is 36.6. The van der Waals surface area contributed by atoms with Crippen LogP contribution in [0.25, 0.3) is 0 Å². The molecule has 1 amide bonds. The summed E-state index contributed by atoms with van der Waals surface area (Å²) in [7, 11) is 0. The van der Waals surface area contributed by atoms with E-state index in [9.17, 15) is 33.9 Å². The van der Waals surface area contributed by atoms with E-state index in [0.717, 1.165) is 43.2 Å². The number of esters is 4. The summed E-state index contributed by atoms with van der Waals surface area (Å²) in [6.45, 7) is 13.5. The summed E-state index contributed by atoms with van der Waals surface area (Å²) >= 11 is 0. The maximum Gasteiger partial charge on any atom is 0.410 e. The summed E-state index contributed by atoms with van der Waals surface area (Å²) in [6.07, 6.45) is -6.83. The minimum absolute atomic E-state index is 0.0484. The van der Waals surface area contributed by atoms with Crippen LogP contribution in [0.4, 0.5) is 4.79 Å². The number of rotatable bonds is 20. The molecule has 18 heteroatoms. The Morgan fingerprint density at radius 1 is 0.871 bits per heavy atom. The molecule has 62 heavy (non-hydrogen) atoms. The monoisotopic (exact) mass is 867 g/mol. The lowest BCUT2D eigenvalue weighted by Gasteiger charge is -2.43. The Morgan fingerprint density at radius 3 is 2.11 bits per heavy atom. The Kier molecular flexibility index (Phi) is 17.3. The van der Waals surface area contributed by atoms with Crippen LogP contribution in [0, 0.1) is 12.3 Å². The van der Waals surface area contributed by atoms with Gasteiger partial charge in [0.15, 0.2) is 12.2 Å². The Balaban J connectivity index is 1.52. The lowest BCUT2D eigenvalue weighted by molar-refractivity contribution is -0.289. The molecule has 1 saturated heterocycles. The van der Waals surface area contributed by atoms with Crippen LogP contribution < -0.4 is 9.47 Å². The number of aromatic amines is 1. The molecule has 2 N–H and O–H groups in total. The van der Waals surface area contributed by atoms with Gasteiger partial charge in [0.25, 0.3) is 0 Å². The van der Waals surface area contributed by atoms with E-state index in [1.165, 1.54) is 11.8 Å². The number of aromatic nitrogens is 2. The molecule has 18 nitrogen and oxygen atoms in total. The highest BCUT2D eigenvalue weighted by molar-refractivity contribution is 5.75. The molecule has 3 aromatic rings. The predicted molar refractivity (Wildman–Crippen MR) is 219 cm³/mol. The van der Waals surface area contributed by atoms with Crippen molar-refractivity contribution in [2.75, 3.05) is 26.3 Å². The molecular formula is C44H57N3O15. The van der Waals surface area contributed by atoms with Crippen molar-refractivity contribution >= 4 is 35.9 Å². The van der Waals surface area contributed by atoms with Crippen LogP contribution in [0.3, 0.4) is 0 Å². The number of carboxylic acids is 1. The van der Waals surface area contributed by atoms with Crippen LogP contribution in [0.1, 0.15) is 95.7 Å². The van der Waals surface area contributed by atoms with Crippen molar-refractivity contribution in [3.63, 3.8) is 0 Å². The van der Waals surface area contributed by atoms with Crippen LogP contribution in [-0.2, 0) is 65.4 Å². The molecule has 0 saturated carbocycles. The second kappa shape index (κ2) is 22.1. The number of H-pyrrole nitrogens is 1. The topological polar surface area (TPSA) is 228 Å². The molecule has 0 spiro atoms. The van der Waals surface area contributed by atoms with Gasteiger partial charge in [0, 0.05) is 58.5 Å². The van der Waals surface area contributed by atoms with Crippen LogP contribution in [0.15, 0.2) is 48.5 Å². The maximum absolute atomic E-state index is 13.1. The summed E-state index contributed by atoms with van der Waals surface area (Å²) in [5.74, 6) is -3.39. The number of carbonyl (C=O) groups is 6. The summed E-state index contributed by atoms with van der Waals surface area (Å²) in [5, 5.41) is 17.2. The molecule has 1 aromatic heterocycles. The van der Waals surface area contributed by atoms with Gasteiger partial charge in [-0.25, -0.2) is 4.79 Å². The van der Waals surface area contributed by atoms with Gasteiger partial charge < -0.3 is 47.9 Å². The highest BCUT2D eigenvalue weighted by Gasteiger charge is 2.53. The first-order valence-corrected chi connectivity index (χ1v) is 20.2. The van der Waals surface area contributed by atoms with Gasteiger partial charge >= 0.3 is 35.9 Å². The fourth-order valence-corrected chi connectivity index (χ4v) is 6.68. The Hall–Kier alpha value is -6.17. The summed E-state index contributed by atoms with van der Waals surface area (Å²) in [6, 6.07) is 14.8. The molecule has 1 aliphatic heterocycles. The van der Waals surface area contributed by atoms with Crippen LogP contribution in [0.5, 0.6) is 11.6 Å². The molecule has 4 rings (SSSR count). The van der Waals surface area contributed by atoms with Crippen molar-refractivity contribution < 1.29 is 71.8 Å². The average Bonchev–Trinajstić information content (AvgIpc) is 3.59. The first-order chi connectivity index (χ1) is 29.2. The smallest absolute Gasteiger partial charge is 0.410 e. The third kappa shape index (κ3) is 13.9. The standard InChI is InChI=1S/C44H57N3O15/c1-25(2)36-34(40(46-45-36)62-41-39(60-30(7)51)38(59-29(6)50)37(58-28(5)49)35(61-41)23-56-27(4)48)21-32-16-17-33(20-26(32)3)55-19-13-18-47(24-44(8,9)42(52)53)43(54)57-22-31-14-11-10-12-15-31/h10-12,14-17,20,25,35,37-39,41H,13,18-19,21-24H2,1-9H3,(H,45,46)(H,52,53)/t35-,37-,38+,39-,41+/m1/s1. The molecule has 338 valence electrons. The van der Waals surface area contributed by atoms with Crippen LogP contribution in [-0.4, -0.2) is 113 Å². The number of benzene rings is 2. The Labute approximate surface area is 360 Å². The number of ether oxygens (including phenoxy) is 8. The zero-order valence-corrected chi connectivity index (χ0v) is 36.6. The van der Waals surface area contributed by atoms with Crippen molar-refractivity contribution in [2.45, 2.75) is 118 Å². The average molecular weight is 868 g/mol. The molecule has 1 fully saturated rings. The van der Waals surface area contributed by atoms with Crippen molar-refractivity contribution in [3.05, 3.63) is 76.5 Å². The normalized spacial score (nSPS) is 18.6. The van der Waals surface area contributed by atoms with E-state index in [1.54, 1.807) is 19.9 Å². The highest BCUT2D eigenvalue weighted by atomic mass is 16.7. The third-order valence-corrected chi connectivity index (χ3v) is 9.77. The number of amides is 1. The SMILES string of the molecule is CC(=O)OC[C@H]1O[C@@H](Oc2n[nH]c(C(C)C)c2Cc2ccc(OCCCN(CC(C)(C)C(=O)O)C(=O)OCc3ccccc3)cc2C)[C@H](OC(C)=O)[C@@H](OC(C)=O)[C@@H]1OC(C)=O. The van der Waals surface area contributed by atoms with Gasteiger partial charge in [-0.15, -0.1) is 5.10 Å². The number of aliphatic carboxylic acids is 1. The predicted octanol–water partition coefficient (Wildman–Crippen LogP) is 5.41. The fraction of sp³-hybridized carbons (Fsp3) is 0.523. The van der Waals surface area contributed by atoms with Crippen molar-refractivity contribution in [3.8, 4) is 11.6 Å². The van der Waals surface area contributed by atoms with Gasteiger partial charge in [0.1, 0.15) is 25.1 Å². The molecule has 0 bridgehead atoms. The summed E-state index contributed by atoms with van der Waals surface area (Å²) in [4.78, 5) is 75.1. The number of carbonyl (C=O) groups excluding carboxylic acids is 5. The third-order valence-electron chi connectivity index (χ3n) is 9.77. The van der Waals surface area contributed by atoms with Gasteiger partial charge in [-0.3, -0.25) is 29.1 Å². The second-order valence-electron chi connectivity index (χ2n) is 15.9. The van der Waals surface area contributed by atoms with E-state index >= 15 is 0 Å². The number of nitrogens with zero attached hydrogens (tertiary/aromatic N) is 2. The van der Waals surface area contributed by atoms with Crippen LogP contribution in [0.2, 0.25) is 0 Å². The van der Waals surface area contributed by atoms with Crippen LogP contribution >= 0.6 is 0 Å². The van der Waals surface area contributed by atoms with Gasteiger partial charge in [0.05, 0.1) is 12.0 Å². The van der Waals surface area contributed by atoms with E-state index in [1.807, 2.05) is 63.2 Å². The fourth-order valence-electron chi connectivity index (χ4n) is 6.68.